The van der Waals surface area contributed by atoms with Gasteiger partial charge < -0.3 is 10.4 Å². The smallest absolute Gasteiger partial charge is 0.303 e. The quantitative estimate of drug-likeness (QED) is 0.767. The molecule has 100 valence electrons. The second kappa shape index (κ2) is 5.51. The van der Waals surface area contributed by atoms with E-state index in [1.165, 1.54) is 0 Å². The molecule has 1 atom stereocenters. The number of carbonyl (C=O) groups excluding carboxylic acids is 1. The minimum absolute atomic E-state index is 0.0122. The molecule has 2 rings (SSSR count). The Morgan fingerprint density at radius 1 is 1.42 bits per heavy atom. The van der Waals surface area contributed by atoms with Crippen LogP contribution in [0.1, 0.15) is 19.8 Å². The number of aliphatic carboxylic acids is 1. The Balaban J connectivity index is 2.03. The molecule has 0 saturated carbocycles. The van der Waals surface area contributed by atoms with E-state index in [1.807, 2.05) is 12.1 Å². The van der Waals surface area contributed by atoms with Gasteiger partial charge in [-0.15, -0.1) is 0 Å². The zero-order chi connectivity index (χ0) is 13.8. The number of para-hydroxylation sites is 1. The third-order valence-electron chi connectivity index (χ3n) is 2.81. The topological polar surface area (TPSA) is 95.1 Å². The summed E-state index contributed by atoms with van der Waals surface area (Å²) in [5.41, 5.74) is 1.42. The van der Waals surface area contributed by atoms with E-state index in [4.69, 9.17) is 5.11 Å². The lowest BCUT2D eigenvalue weighted by atomic mass is 10.0. The van der Waals surface area contributed by atoms with Crippen molar-refractivity contribution in [3.05, 3.63) is 24.4 Å². The Hall–Kier alpha value is -2.37. The number of carboxylic acid groups (broad SMARTS) is 1. The Morgan fingerprint density at radius 3 is 2.95 bits per heavy atom. The van der Waals surface area contributed by atoms with Gasteiger partial charge >= 0.3 is 5.97 Å². The summed E-state index contributed by atoms with van der Waals surface area (Å²) in [5.74, 6) is -1.29. The number of hydrogen-bond donors (Lipinski definition) is 3. The highest BCUT2D eigenvalue weighted by Gasteiger charge is 2.13. The van der Waals surface area contributed by atoms with Crippen molar-refractivity contribution in [1.29, 1.82) is 0 Å². The third-order valence-corrected chi connectivity index (χ3v) is 2.81. The Labute approximate surface area is 109 Å². The van der Waals surface area contributed by atoms with Gasteiger partial charge in [0.25, 0.3) is 0 Å². The van der Waals surface area contributed by atoms with E-state index < -0.39 is 5.97 Å². The van der Waals surface area contributed by atoms with Crippen LogP contribution in [-0.2, 0) is 9.59 Å². The molecule has 1 aromatic carbocycles. The number of carboxylic acids is 1. The van der Waals surface area contributed by atoms with Crippen LogP contribution in [0, 0.1) is 5.92 Å². The standard InChI is InChI=1S/C13H15N3O3/c1-8(6-12(18)19)5-11(17)15-10-4-2-3-9-7-14-16-13(9)10/h2-4,7-8H,5-6H2,1H3,(H,14,16)(H,15,17)(H,18,19). The van der Waals surface area contributed by atoms with Crippen molar-refractivity contribution < 1.29 is 14.7 Å². The number of carbonyl (C=O) groups is 2. The highest BCUT2D eigenvalue weighted by molar-refractivity contribution is 6.00. The number of nitrogens with zero attached hydrogens (tertiary/aromatic N) is 1. The van der Waals surface area contributed by atoms with E-state index in [2.05, 4.69) is 15.5 Å². The maximum Gasteiger partial charge on any atom is 0.303 e. The van der Waals surface area contributed by atoms with Gasteiger partial charge in [0.05, 0.1) is 17.4 Å². The number of nitrogens with one attached hydrogen (secondary N) is 2. The predicted molar refractivity (Wildman–Crippen MR) is 70.8 cm³/mol. The molecule has 6 heteroatoms. The highest BCUT2D eigenvalue weighted by atomic mass is 16.4. The number of hydrogen-bond acceptors (Lipinski definition) is 3. The minimum atomic E-state index is -0.893. The van der Waals surface area contributed by atoms with Crippen LogP contribution in [0.5, 0.6) is 0 Å². The van der Waals surface area contributed by atoms with Crippen LogP contribution in [0.4, 0.5) is 5.69 Å². The summed E-state index contributed by atoms with van der Waals surface area (Å²) in [5, 5.41) is 19.1. The van der Waals surface area contributed by atoms with Gasteiger partial charge in [0.15, 0.2) is 0 Å². The summed E-state index contributed by atoms with van der Waals surface area (Å²) in [6, 6.07) is 5.50. The first-order valence-corrected chi connectivity index (χ1v) is 6.00. The van der Waals surface area contributed by atoms with Gasteiger partial charge in [0.2, 0.25) is 5.91 Å². The molecule has 0 spiro atoms. The second-order valence-corrected chi connectivity index (χ2v) is 4.60. The molecule has 3 N–H and O–H groups in total. The van der Waals surface area contributed by atoms with Crippen molar-refractivity contribution in [2.24, 2.45) is 5.92 Å². The fraction of sp³-hybridized carbons (Fsp3) is 0.308. The summed E-state index contributed by atoms with van der Waals surface area (Å²) in [6.45, 7) is 1.74. The maximum absolute atomic E-state index is 11.8. The maximum atomic E-state index is 11.8. The van der Waals surface area contributed by atoms with Gasteiger partial charge in [-0.1, -0.05) is 19.1 Å². The number of aromatic nitrogens is 2. The zero-order valence-corrected chi connectivity index (χ0v) is 10.5. The van der Waals surface area contributed by atoms with E-state index in [1.54, 1.807) is 19.2 Å². The Bertz CT molecular complexity index is 606. The fourth-order valence-corrected chi connectivity index (χ4v) is 1.96. The first-order chi connectivity index (χ1) is 9.06. The summed E-state index contributed by atoms with van der Waals surface area (Å²) >= 11 is 0. The molecular formula is C13H15N3O3. The number of amides is 1. The summed E-state index contributed by atoms with van der Waals surface area (Å²) in [4.78, 5) is 22.4. The molecular weight excluding hydrogens is 246 g/mol. The van der Waals surface area contributed by atoms with Gasteiger partial charge in [0, 0.05) is 18.2 Å². The average Bonchev–Trinajstić information content (AvgIpc) is 2.76. The van der Waals surface area contributed by atoms with E-state index >= 15 is 0 Å². The Morgan fingerprint density at radius 2 is 2.21 bits per heavy atom. The minimum Gasteiger partial charge on any atom is -0.481 e. The largest absolute Gasteiger partial charge is 0.481 e. The molecule has 1 heterocycles. The van der Waals surface area contributed by atoms with Crippen molar-refractivity contribution in [1.82, 2.24) is 10.2 Å². The molecule has 0 fully saturated rings. The summed E-state index contributed by atoms with van der Waals surface area (Å²) in [7, 11) is 0. The van der Waals surface area contributed by atoms with Crippen molar-refractivity contribution in [3.63, 3.8) is 0 Å². The molecule has 19 heavy (non-hydrogen) atoms. The number of benzene rings is 1. The predicted octanol–water partition coefficient (Wildman–Crippen LogP) is 2.00. The van der Waals surface area contributed by atoms with Crippen LogP contribution in [0.15, 0.2) is 24.4 Å². The molecule has 1 unspecified atom stereocenters. The molecule has 0 aliphatic rings. The normalized spacial score (nSPS) is 12.3. The van der Waals surface area contributed by atoms with Crippen LogP contribution in [-0.4, -0.2) is 27.2 Å². The van der Waals surface area contributed by atoms with Crippen LogP contribution in [0.2, 0.25) is 0 Å². The molecule has 0 aliphatic heterocycles. The van der Waals surface area contributed by atoms with Gasteiger partial charge in [-0.05, 0) is 12.0 Å². The third kappa shape index (κ3) is 3.31. The molecule has 2 aromatic rings. The van der Waals surface area contributed by atoms with E-state index in [-0.39, 0.29) is 24.7 Å². The number of H-pyrrole nitrogens is 1. The van der Waals surface area contributed by atoms with Gasteiger partial charge in [-0.3, -0.25) is 14.7 Å². The number of aromatic amines is 1. The molecule has 1 aromatic heterocycles. The van der Waals surface area contributed by atoms with Crippen molar-refractivity contribution in [2.75, 3.05) is 5.32 Å². The van der Waals surface area contributed by atoms with Crippen LogP contribution >= 0.6 is 0 Å². The summed E-state index contributed by atoms with van der Waals surface area (Å²) < 4.78 is 0. The first-order valence-electron chi connectivity index (χ1n) is 6.00. The van der Waals surface area contributed by atoms with E-state index in [0.29, 0.717) is 5.69 Å². The van der Waals surface area contributed by atoms with Crippen LogP contribution in [0.3, 0.4) is 0 Å². The lowest BCUT2D eigenvalue weighted by molar-refractivity contribution is -0.138. The molecule has 0 bridgehead atoms. The Kier molecular flexibility index (Phi) is 3.79. The van der Waals surface area contributed by atoms with Crippen molar-refractivity contribution in [3.8, 4) is 0 Å². The number of rotatable bonds is 5. The lowest BCUT2D eigenvalue weighted by Crippen LogP contribution is -2.17. The van der Waals surface area contributed by atoms with Crippen LogP contribution in [0.25, 0.3) is 10.9 Å². The van der Waals surface area contributed by atoms with Gasteiger partial charge in [0.1, 0.15) is 0 Å². The summed E-state index contributed by atoms with van der Waals surface area (Å²) in [6.07, 6.45) is 1.84. The fourth-order valence-electron chi connectivity index (χ4n) is 1.96. The average molecular weight is 261 g/mol. The van der Waals surface area contributed by atoms with Crippen LogP contribution < -0.4 is 5.32 Å². The SMILES string of the molecule is CC(CC(=O)O)CC(=O)Nc1cccc2cn[nH]c12. The van der Waals surface area contributed by atoms with Crippen molar-refractivity contribution >= 4 is 28.5 Å². The van der Waals surface area contributed by atoms with Gasteiger partial charge in [-0.25, -0.2) is 0 Å². The van der Waals surface area contributed by atoms with E-state index in [9.17, 15) is 9.59 Å². The molecule has 0 saturated heterocycles. The molecule has 1 amide bonds. The number of anilines is 1. The van der Waals surface area contributed by atoms with Gasteiger partial charge in [-0.2, -0.15) is 5.10 Å². The lowest BCUT2D eigenvalue weighted by Gasteiger charge is -2.09. The molecule has 0 aliphatic carbocycles. The molecule has 0 radical (unpaired) electrons. The van der Waals surface area contributed by atoms with Crippen molar-refractivity contribution in [2.45, 2.75) is 19.8 Å². The first kappa shape index (κ1) is 13.1. The number of fused-ring (bicyclic) bond motifs is 1. The van der Waals surface area contributed by atoms with E-state index in [0.717, 1.165) is 10.9 Å². The highest BCUT2D eigenvalue weighted by Crippen LogP contribution is 2.21. The monoisotopic (exact) mass is 261 g/mol. The molecule has 6 nitrogen and oxygen atoms in total. The zero-order valence-electron chi connectivity index (χ0n) is 10.5. The second-order valence-electron chi connectivity index (χ2n) is 4.60.